The van der Waals surface area contributed by atoms with Gasteiger partial charge < -0.3 is 14.8 Å². The van der Waals surface area contributed by atoms with Crippen LogP contribution in [0.15, 0.2) is 10.5 Å². The average Bonchev–Trinajstić information content (AvgIpc) is 2.63. The fraction of sp³-hybridized carbons (Fsp3) is 0.600. The SMILES string of the molecule is Cc1cc(C(=O)NCC(CC(=O)O)CC(C)C)c(C)o1. The number of carboxylic acids is 1. The van der Waals surface area contributed by atoms with Gasteiger partial charge in [-0.05, 0) is 38.2 Å². The fourth-order valence-electron chi connectivity index (χ4n) is 2.34. The third kappa shape index (κ3) is 5.07. The first-order valence-electron chi connectivity index (χ1n) is 6.86. The van der Waals surface area contributed by atoms with E-state index in [1.54, 1.807) is 19.9 Å². The molecule has 0 aromatic carbocycles. The van der Waals surface area contributed by atoms with E-state index in [0.29, 0.717) is 29.5 Å². The van der Waals surface area contributed by atoms with E-state index in [1.807, 2.05) is 13.8 Å². The van der Waals surface area contributed by atoms with Crippen molar-refractivity contribution in [1.82, 2.24) is 5.32 Å². The van der Waals surface area contributed by atoms with E-state index < -0.39 is 5.97 Å². The lowest BCUT2D eigenvalue weighted by atomic mass is 9.94. The van der Waals surface area contributed by atoms with E-state index in [-0.39, 0.29) is 18.2 Å². The first-order chi connectivity index (χ1) is 9.29. The summed E-state index contributed by atoms with van der Waals surface area (Å²) in [6, 6.07) is 1.69. The molecule has 1 unspecified atom stereocenters. The van der Waals surface area contributed by atoms with Crippen molar-refractivity contribution in [2.24, 2.45) is 11.8 Å². The van der Waals surface area contributed by atoms with Crippen molar-refractivity contribution in [2.45, 2.75) is 40.5 Å². The van der Waals surface area contributed by atoms with E-state index in [9.17, 15) is 9.59 Å². The van der Waals surface area contributed by atoms with Crippen LogP contribution in [0.3, 0.4) is 0 Å². The van der Waals surface area contributed by atoms with Gasteiger partial charge in [0.2, 0.25) is 0 Å². The minimum atomic E-state index is -0.833. The number of carbonyl (C=O) groups is 2. The molecule has 20 heavy (non-hydrogen) atoms. The summed E-state index contributed by atoms with van der Waals surface area (Å²) in [6.07, 6.45) is 0.845. The molecule has 112 valence electrons. The molecule has 0 saturated heterocycles. The number of nitrogens with one attached hydrogen (secondary N) is 1. The summed E-state index contributed by atoms with van der Waals surface area (Å²) < 4.78 is 5.32. The largest absolute Gasteiger partial charge is 0.481 e. The van der Waals surface area contributed by atoms with Crippen LogP contribution in [-0.2, 0) is 4.79 Å². The van der Waals surface area contributed by atoms with Crippen molar-refractivity contribution in [2.75, 3.05) is 6.54 Å². The van der Waals surface area contributed by atoms with Gasteiger partial charge in [-0.15, -0.1) is 0 Å². The molecule has 1 amide bonds. The zero-order valence-corrected chi connectivity index (χ0v) is 12.5. The Labute approximate surface area is 119 Å². The monoisotopic (exact) mass is 281 g/mol. The Morgan fingerprint density at radius 1 is 1.35 bits per heavy atom. The van der Waals surface area contributed by atoms with Gasteiger partial charge in [0.25, 0.3) is 5.91 Å². The van der Waals surface area contributed by atoms with Crippen molar-refractivity contribution in [3.05, 3.63) is 23.2 Å². The maximum Gasteiger partial charge on any atom is 0.303 e. The molecule has 1 atom stereocenters. The highest BCUT2D eigenvalue weighted by Gasteiger charge is 2.18. The van der Waals surface area contributed by atoms with Gasteiger partial charge in [0.05, 0.1) is 5.56 Å². The van der Waals surface area contributed by atoms with Crippen molar-refractivity contribution >= 4 is 11.9 Å². The number of hydrogen-bond acceptors (Lipinski definition) is 3. The van der Waals surface area contributed by atoms with E-state index in [2.05, 4.69) is 5.32 Å². The molecule has 1 rings (SSSR count). The molecule has 0 aliphatic rings. The van der Waals surface area contributed by atoms with E-state index in [1.165, 1.54) is 0 Å². The van der Waals surface area contributed by atoms with Crippen LogP contribution in [0.1, 0.15) is 48.6 Å². The lowest BCUT2D eigenvalue weighted by Gasteiger charge is -2.17. The number of hydrogen-bond donors (Lipinski definition) is 2. The Balaban J connectivity index is 2.60. The molecular weight excluding hydrogens is 258 g/mol. The van der Waals surface area contributed by atoms with Crippen LogP contribution in [0.5, 0.6) is 0 Å². The summed E-state index contributed by atoms with van der Waals surface area (Å²) in [5.41, 5.74) is 0.515. The van der Waals surface area contributed by atoms with Crippen LogP contribution in [0, 0.1) is 25.7 Å². The fourth-order valence-corrected chi connectivity index (χ4v) is 2.34. The Kier molecular flexibility index (Phi) is 5.80. The van der Waals surface area contributed by atoms with Crippen molar-refractivity contribution < 1.29 is 19.1 Å². The lowest BCUT2D eigenvalue weighted by molar-refractivity contribution is -0.138. The Bertz CT molecular complexity index is 476. The number of carboxylic acid groups (broad SMARTS) is 1. The number of aryl methyl sites for hydroxylation is 2. The van der Waals surface area contributed by atoms with Gasteiger partial charge in [-0.2, -0.15) is 0 Å². The maximum absolute atomic E-state index is 12.0. The maximum atomic E-state index is 12.0. The van der Waals surface area contributed by atoms with Crippen LogP contribution in [0.2, 0.25) is 0 Å². The van der Waals surface area contributed by atoms with Crippen molar-refractivity contribution in [3.8, 4) is 0 Å². The number of rotatable bonds is 7. The zero-order valence-electron chi connectivity index (χ0n) is 12.5. The van der Waals surface area contributed by atoms with Gasteiger partial charge in [-0.1, -0.05) is 13.8 Å². The van der Waals surface area contributed by atoms with E-state index >= 15 is 0 Å². The first-order valence-corrected chi connectivity index (χ1v) is 6.86. The number of aliphatic carboxylic acids is 1. The Hall–Kier alpha value is -1.78. The standard InChI is InChI=1S/C15H23NO4/c1-9(2)5-12(7-14(17)18)8-16-15(19)13-6-10(3)20-11(13)4/h6,9,12H,5,7-8H2,1-4H3,(H,16,19)(H,17,18). The van der Waals surface area contributed by atoms with Crippen LogP contribution in [0.4, 0.5) is 0 Å². The quantitative estimate of drug-likeness (QED) is 0.805. The van der Waals surface area contributed by atoms with Gasteiger partial charge in [0, 0.05) is 13.0 Å². The third-order valence-electron chi connectivity index (χ3n) is 3.10. The minimum absolute atomic E-state index is 0.0512. The second-order valence-electron chi connectivity index (χ2n) is 5.63. The third-order valence-corrected chi connectivity index (χ3v) is 3.10. The molecule has 1 heterocycles. The molecule has 0 radical (unpaired) electrons. The molecule has 0 spiro atoms. The average molecular weight is 281 g/mol. The molecule has 2 N–H and O–H groups in total. The first kappa shape index (κ1) is 16.3. The topological polar surface area (TPSA) is 79.5 Å². The Morgan fingerprint density at radius 2 is 2.00 bits per heavy atom. The highest BCUT2D eigenvalue weighted by Crippen LogP contribution is 2.16. The second kappa shape index (κ2) is 7.12. The van der Waals surface area contributed by atoms with Crippen LogP contribution in [0.25, 0.3) is 0 Å². The predicted molar refractivity (Wildman–Crippen MR) is 75.7 cm³/mol. The highest BCUT2D eigenvalue weighted by atomic mass is 16.4. The molecule has 0 aliphatic heterocycles. The number of amides is 1. The normalized spacial score (nSPS) is 12.4. The molecule has 1 aromatic heterocycles. The molecule has 0 saturated carbocycles. The molecule has 0 fully saturated rings. The summed E-state index contributed by atoms with van der Waals surface area (Å²) in [7, 11) is 0. The molecule has 5 nitrogen and oxygen atoms in total. The van der Waals surface area contributed by atoms with Crippen LogP contribution >= 0.6 is 0 Å². The number of furan rings is 1. The molecule has 0 aliphatic carbocycles. The smallest absolute Gasteiger partial charge is 0.303 e. The summed E-state index contributed by atoms with van der Waals surface area (Å²) in [6.45, 7) is 7.98. The van der Waals surface area contributed by atoms with Gasteiger partial charge >= 0.3 is 5.97 Å². The van der Waals surface area contributed by atoms with Crippen molar-refractivity contribution in [1.29, 1.82) is 0 Å². The van der Waals surface area contributed by atoms with Gasteiger partial charge in [0.15, 0.2) is 0 Å². The molecule has 1 aromatic rings. The summed E-state index contributed by atoms with van der Waals surface area (Å²) in [4.78, 5) is 22.9. The summed E-state index contributed by atoms with van der Waals surface area (Å²) in [5, 5.41) is 11.7. The van der Waals surface area contributed by atoms with E-state index in [4.69, 9.17) is 9.52 Å². The summed E-state index contributed by atoms with van der Waals surface area (Å²) in [5.74, 6) is 0.577. The van der Waals surface area contributed by atoms with Gasteiger partial charge in [0.1, 0.15) is 11.5 Å². The highest BCUT2D eigenvalue weighted by molar-refractivity contribution is 5.95. The zero-order chi connectivity index (χ0) is 15.3. The lowest BCUT2D eigenvalue weighted by Crippen LogP contribution is -2.31. The van der Waals surface area contributed by atoms with Gasteiger partial charge in [-0.25, -0.2) is 0 Å². The van der Waals surface area contributed by atoms with Crippen LogP contribution < -0.4 is 5.32 Å². The van der Waals surface area contributed by atoms with Crippen molar-refractivity contribution in [3.63, 3.8) is 0 Å². The van der Waals surface area contributed by atoms with E-state index in [0.717, 1.165) is 6.42 Å². The Morgan fingerprint density at radius 3 is 2.45 bits per heavy atom. The molecule has 5 heteroatoms. The molecule has 0 bridgehead atoms. The summed E-state index contributed by atoms with van der Waals surface area (Å²) >= 11 is 0. The van der Waals surface area contributed by atoms with Crippen LogP contribution in [-0.4, -0.2) is 23.5 Å². The number of carbonyl (C=O) groups excluding carboxylic acids is 1. The minimum Gasteiger partial charge on any atom is -0.481 e. The molecular formula is C15H23NO4. The van der Waals surface area contributed by atoms with Gasteiger partial charge in [-0.3, -0.25) is 9.59 Å². The predicted octanol–water partition coefficient (Wildman–Crippen LogP) is 2.76. The second-order valence-corrected chi connectivity index (χ2v) is 5.63.